The molecule has 1 amide bonds. The van der Waals surface area contributed by atoms with Crippen LogP contribution in [0.3, 0.4) is 0 Å². The average molecular weight is 497 g/mol. The summed E-state index contributed by atoms with van der Waals surface area (Å²) in [5, 5.41) is 9.78. The van der Waals surface area contributed by atoms with Gasteiger partial charge < -0.3 is 9.32 Å². The molecule has 2 saturated heterocycles. The fourth-order valence-electron chi connectivity index (χ4n) is 4.46. The molecule has 4 rings (SSSR count). The van der Waals surface area contributed by atoms with E-state index in [2.05, 4.69) is 17.9 Å². The number of amides is 1. The molecule has 2 aromatic rings. The van der Waals surface area contributed by atoms with E-state index in [0.29, 0.717) is 33.0 Å². The molecule has 0 atom stereocenters. The van der Waals surface area contributed by atoms with Gasteiger partial charge in [0.1, 0.15) is 27.5 Å². The molecule has 0 N–H and O–H groups in total. The number of nitrogens with zero attached hydrogens (tertiary/aromatic N) is 4. The summed E-state index contributed by atoms with van der Waals surface area (Å²) in [6, 6.07) is 5.69. The summed E-state index contributed by atoms with van der Waals surface area (Å²) in [5.41, 5.74) is 1.21. The van der Waals surface area contributed by atoms with Crippen LogP contribution in [0.4, 0.5) is 5.82 Å². The standard InChI is InChI=1S/C25H28N4O3S2/c1-4-9-28-22(27-10-7-16(2)8-11-27)19(17(3)20(14-26)23(28)30)13-21-24(31)29(25(33)34-21)15-18-6-5-12-32-18/h5-6,12-13,16H,4,7-11,15H2,1-3H3/b21-13-. The van der Waals surface area contributed by atoms with E-state index in [9.17, 15) is 14.9 Å². The van der Waals surface area contributed by atoms with Crippen LogP contribution in [-0.4, -0.2) is 32.8 Å². The molecule has 2 aliphatic rings. The Labute approximate surface area is 209 Å². The number of pyridine rings is 1. The number of rotatable bonds is 6. The number of piperidine rings is 1. The smallest absolute Gasteiger partial charge is 0.270 e. The number of carbonyl (C=O) groups is 1. The Balaban J connectivity index is 1.83. The molecule has 0 aromatic carbocycles. The first-order chi connectivity index (χ1) is 16.3. The van der Waals surface area contributed by atoms with Gasteiger partial charge >= 0.3 is 0 Å². The highest BCUT2D eigenvalue weighted by Gasteiger charge is 2.34. The SMILES string of the molecule is CCCn1c(N2CCC(C)CC2)c(/C=C2\SC(=S)N(Cc3ccco3)C2=O)c(C)c(C#N)c1=O. The summed E-state index contributed by atoms with van der Waals surface area (Å²) in [5.74, 6) is 1.88. The van der Waals surface area contributed by atoms with Crippen molar-refractivity contribution in [2.75, 3.05) is 18.0 Å². The van der Waals surface area contributed by atoms with Gasteiger partial charge in [0.25, 0.3) is 11.5 Å². The number of anilines is 1. The lowest BCUT2D eigenvalue weighted by Gasteiger charge is -2.35. The Kier molecular flexibility index (Phi) is 7.29. The van der Waals surface area contributed by atoms with Crippen LogP contribution >= 0.6 is 24.0 Å². The fraction of sp³-hybridized carbons (Fsp3) is 0.440. The fourth-order valence-corrected chi connectivity index (χ4v) is 5.70. The number of hydrogen-bond donors (Lipinski definition) is 0. The summed E-state index contributed by atoms with van der Waals surface area (Å²) in [6.07, 6.45) is 6.21. The van der Waals surface area contributed by atoms with Crippen LogP contribution in [0.2, 0.25) is 0 Å². The highest BCUT2D eigenvalue weighted by atomic mass is 32.2. The molecular weight excluding hydrogens is 468 g/mol. The summed E-state index contributed by atoms with van der Waals surface area (Å²) in [6.45, 7) is 8.48. The predicted octanol–water partition coefficient (Wildman–Crippen LogP) is 4.67. The van der Waals surface area contributed by atoms with E-state index >= 15 is 0 Å². The third-order valence-corrected chi connectivity index (χ3v) is 7.80. The van der Waals surface area contributed by atoms with Crippen molar-refractivity contribution < 1.29 is 9.21 Å². The maximum atomic E-state index is 13.3. The van der Waals surface area contributed by atoms with Crippen molar-refractivity contribution in [1.29, 1.82) is 5.26 Å². The van der Waals surface area contributed by atoms with E-state index in [1.54, 1.807) is 23.8 Å². The first kappa shape index (κ1) is 24.3. The van der Waals surface area contributed by atoms with Gasteiger partial charge in [0.15, 0.2) is 0 Å². The van der Waals surface area contributed by atoms with Crippen molar-refractivity contribution in [1.82, 2.24) is 9.47 Å². The maximum Gasteiger partial charge on any atom is 0.270 e. The number of hydrogen-bond acceptors (Lipinski definition) is 7. The molecule has 0 bridgehead atoms. The molecule has 0 unspecified atom stereocenters. The third-order valence-electron chi connectivity index (χ3n) is 6.42. The van der Waals surface area contributed by atoms with Crippen molar-refractivity contribution >= 4 is 46.1 Å². The minimum absolute atomic E-state index is 0.125. The minimum atomic E-state index is -0.266. The lowest BCUT2D eigenvalue weighted by molar-refractivity contribution is -0.122. The molecule has 2 aliphatic heterocycles. The number of furan rings is 1. The molecule has 2 fully saturated rings. The largest absolute Gasteiger partial charge is 0.467 e. The number of nitriles is 1. The molecule has 0 spiro atoms. The van der Waals surface area contributed by atoms with E-state index in [-0.39, 0.29) is 23.6 Å². The highest BCUT2D eigenvalue weighted by molar-refractivity contribution is 8.26. The normalized spacial score (nSPS) is 18.2. The topological polar surface area (TPSA) is 82.5 Å². The lowest BCUT2D eigenvalue weighted by atomic mass is 9.97. The van der Waals surface area contributed by atoms with Gasteiger partial charge in [-0.25, -0.2) is 0 Å². The van der Waals surface area contributed by atoms with Crippen LogP contribution in [0.15, 0.2) is 32.5 Å². The molecule has 0 saturated carbocycles. The zero-order valence-corrected chi connectivity index (χ0v) is 21.3. The minimum Gasteiger partial charge on any atom is -0.467 e. The molecule has 2 aromatic heterocycles. The molecule has 7 nitrogen and oxygen atoms in total. The zero-order chi connectivity index (χ0) is 24.4. The second kappa shape index (κ2) is 10.2. The van der Waals surface area contributed by atoms with Crippen molar-refractivity contribution in [3.63, 3.8) is 0 Å². The Morgan fingerprint density at radius 2 is 2.06 bits per heavy atom. The second-order valence-electron chi connectivity index (χ2n) is 8.82. The Hall–Kier alpha value is -2.83. The number of aromatic nitrogens is 1. The third kappa shape index (κ3) is 4.57. The van der Waals surface area contributed by atoms with Gasteiger partial charge in [0.05, 0.1) is 17.7 Å². The summed E-state index contributed by atoms with van der Waals surface area (Å²) in [7, 11) is 0. The number of thioether (sulfide) groups is 1. The van der Waals surface area contributed by atoms with Crippen LogP contribution in [0.1, 0.15) is 55.6 Å². The van der Waals surface area contributed by atoms with E-state index < -0.39 is 0 Å². The van der Waals surface area contributed by atoms with E-state index in [1.165, 1.54) is 16.7 Å². The first-order valence-electron chi connectivity index (χ1n) is 11.6. The zero-order valence-electron chi connectivity index (χ0n) is 19.7. The molecular formula is C25H28N4O3S2. The van der Waals surface area contributed by atoms with Crippen LogP contribution < -0.4 is 10.5 Å². The molecule has 4 heterocycles. The van der Waals surface area contributed by atoms with Gasteiger partial charge in [-0.3, -0.25) is 19.1 Å². The van der Waals surface area contributed by atoms with E-state index in [1.807, 2.05) is 19.1 Å². The highest BCUT2D eigenvalue weighted by Crippen LogP contribution is 2.37. The quantitative estimate of drug-likeness (QED) is 0.425. The second-order valence-corrected chi connectivity index (χ2v) is 10.5. The Morgan fingerprint density at radius 1 is 1.32 bits per heavy atom. The van der Waals surface area contributed by atoms with Crippen molar-refractivity contribution in [3.05, 3.63) is 56.1 Å². The number of carbonyl (C=O) groups excluding carboxylic acids is 1. The van der Waals surface area contributed by atoms with Crippen LogP contribution in [0.25, 0.3) is 6.08 Å². The predicted molar refractivity (Wildman–Crippen MR) is 138 cm³/mol. The Morgan fingerprint density at radius 3 is 2.68 bits per heavy atom. The van der Waals surface area contributed by atoms with Gasteiger partial charge in [-0.2, -0.15) is 5.26 Å². The van der Waals surface area contributed by atoms with Gasteiger partial charge in [0.2, 0.25) is 0 Å². The molecule has 34 heavy (non-hydrogen) atoms. The average Bonchev–Trinajstić information content (AvgIpc) is 3.42. The van der Waals surface area contributed by atoms with Crippen molar-refractivity contribution in [2.24, 2.45) is 5.92 Å². The van der Waals surface area contributed by atoms with Gasteiger partial charge in [-0.15, -0.1) is 0 Å². The van der Waals surface area contributed by atoms with Crippen molar-refractivity contribution in [2.45, 2.75) is 53.1 Å². The molecule has 0 radical (unpaired) electrons. The maximum absolute atomic E-state index is 13.3. The van der Waals surface area contributed by atoms with Gasteiger partial charge in [-0.05, 0) is 55.9 Å². The Bertz CT molecular complexity index is 1230. The van der Waals surface area contributed by atoms with E-state index in [4.69, 9.17) is 16.6 Å². The summed E-state index contributed by atoms with van der Waals surface area (Å²) in [4.78, 5) is 30.8. The van der Waals surface area contributed by atoms with Crippen LogP contribution in [-0.2, 0) is 17.9 Å². The summed E-state index contributed by atoms with van der Waals surface area (Å²) >= 11 is 6.73. The van der Waals surface area contributed by atoms with Crippen LogP contribution in [0, 0.1) is 24.2 Å². The van der Waals surface area contributed by atoms with E-state index in [0.717, 1.165) is 43.7 Å². The van der Waals surface area contributed by atoms with Crippen molar-refractivity contribution in [3.8, 4) is 6.07 Å². The number of thiocarbonyl (C=S) groups is 1. The summed E-state index contributed by atoms with van der Waals surface area (Å²) < 4.78 is 7.57. The van der Waals surface area contributed by atoms with Gasteiger partial charge in [0, 0.05) is 25.2 Å². The first-order valence-corrected chi connectivity index (χ1v) is 12.8. The molecule has 178 valence electrons. The lowest BCUT2D eigenvalue weighted by Crippen LogP contribution is -2.39. The van der Waals surface area contributed by atoms with Crippen LogP contribution in [0.5, 0.6) is 0 Å². The monoisotopic (exact) mass is 496 g/mol. The molecule has 0 aliphatic carbocycles. The molecule has 9 heteroatoms. The van der Waals surface area contributed by atoms with Gasteiger partial charge in [-0.1, -0.05) is 37.8 Å².